The Kier molecular flexibility index (Phi) is 6.92. The zero-order valence-electron chi connectivity index (χ0n) is 17.4. The first-order valence-corrected chi connectivity index (χ1v) is 11.7. The number of anilines is 1. The van der Waals surface area contributed by atoms with Gasteiger partial charge in [0.25, 0.3) is 0 Å². The summed E-state index contributed by atoms with van der Waals surface area (Å²) in [6, 6.07) is 14.4. The van der Waals surface area contributed by atoms with Gasteiger partial charge in [0.15, 0.2) is 0 Å². The Morgan fingerprint density at radius 2 is 1.81 bits per heavy atom. The van der Waals surface area contributed by atoms with E-state index in [0.29, 0.717) is 26.3 Å². The molecule has 31 heavy (non-hydrogen) atoms. The number of para-hydroxylation sites is 1. The molecule has 0 radical (unpaired) electrons. The van der Waals surface area contributed by atoms with Crippen LogP contribution in [0.2, 0.25) is 0 Å². The summed E-state index contributed by atoms with van der Waals surface area (Å²) < 4.78 is 18.9. The van der Waals surface area contributed by atoms with Gasteiger partial charge in [-0.05, 0) is 42.7 Å². The molecule has 5 nitrogen and oxygen atoms in total. The van der Waals surface area contributed by atoms with Gasteiger partial charge in [0.2, 0.25) is 11.8 Å². The fraction of sp³-hybridized carbons (Fsp3) is 0.417. The molecule has 2 aromatic carbocycles. The van der Waals surface area contributed by atoms with Gasteiger partial charge in [-0.3, -0.25) is 9.59 Å². The Hall–Kier alpha value is -2.38. The zero-order chi connectivity index (χ0) is 21.7. The average molecular weight is 443 g/mol. The van der Waals surface area contributed by atoms with E-state index >= 15 is 0 Å². The maximum Gasteiger partial charge on any atom is 0.227 e. The molecule has 1 N–H and O–H groups in total. The van der Waals surface area contributed by atoms with Crippen molar-refractivity contribution in [2.45, 2.75) is 36.0 Å². The molecule has 0 aliphatic carbocycles. The number of carbonyl (C=O) groups is 2. The number of hydrogen-bond donors (Lipinski definition) is 1. The number of fused-ring (bicyclic) bond motifs is 1. The largest absolute Gasteiger partial charge is 0.381 e. The van der Waals surface area contributed by atoms with Crippen LogP contribution in [-0.4, -0.2) is 43.9 Å². The second kappa shape index (κ2) is 9.83. The van der Waals surface area contributed by atoms with Crippen molar-refractivity contribution in [1.82, 2.24) is 5.32 Å². The van der Waals surface area contributed by atoms with Gasteiger partial charge in [0, 0.05) is 55.2 Å². The Morgan fingerprint density at radius 3 is 2.58 bits per heavy atom. The molecule has 0 aromatic heterocycles. The maximum absolute atomic E-state index is 13.4. The van der Waals surface area contributed by atoms with E-state index in [9.17, 15) is 14.0 Å². The SMILES string of the molecule is O=C(CCC(=O)N1CCSc2ccccc21)NCC1(c2ccc(F)cc2)CCOCC1. The lowest BCUT2D eigenvalue weighted by Crippen LogP contribution is -2.45. The quantitative estimate of drug-likeness (QED) is 0.737. The second-order valence-corrected chi connectivity index (χ2v) is 9.17. The van der Waals surface area contributed by atoms with Gasteiger partial charge in [-0.2, -0.15) is 0 Å². The molecule has 1 fully saturated rings. The third-order valence-electron chi connectivity index (χ3n) is 6.13. The predicted molar refractivity (Wildman–Crippen MR) is 120 cm³/mol. The third kappa shape index (κ3) is 5.10. The first kappa shape index (κ1) is 21.8. The maximum atomic E-state index is 13.4. The Bertz CT molecular complexity index is 929. The lowest BCUT2D eigenvalue weighted by Gasteiger charge is -2.38. The molecule has 164 valence electrons. The van der Waals surface area contributed by atoms with E-state index in [2.05, 4.69) is 5.32 Å². The van der Waals surface area contributed by atoms with Crippen molar-refractivity contribution in [3.63, 3.8) is 0 Å². The van der Waals surface area contributed by atoms with Gasteiger partial charge in [-0.1, -0.05) is 24.3 Å². The number of nitrogens with zero attached hydrogens (tertiary/aromatic N) is 1. The van der Waals surface area contributed by atoms with Crippen molar-refractivity contribution in [2.75, 3.05) is 37.0 Å². The van der Waals surface area contributed by atoms with Crippen LogP contribution in [-0.2, 0) is 19.7 Å². The predicted octanol–water partition coefficient (Wildman–Crippen LogP) is 3.91. The molecule has 2 aliphatic heterocycles. The van der Waals surface area contributed by atoms with E-state index in [1.807, 2.05) is 24.3 Å². The third-order valence-corrected chi connectivity index (χ3v) is 7.17. The van der Waals surface area contributed by atoms with Gasteiger partial charge in [0.1, 0.15) is 5.82 Å². The minimum absolute atomic E-state index is 0.0257. The molecule has 1 saturated heterocycles. The highest BCUT2D eigenvalue weighted by Gasteiger charge is 2.35. The van der Waals surface area contributed by atoms with Crippen LogP contribution in [0.25, 0.3) is 0 Å². The summed E-state index contributed by atoms with van der Waals surface area (Å²) in [6.45, 7) is 2.34. The van der Waals surface area contributed by atoms with E-state index in [4.69, 9.17) is 4.74 Å². The Morgan fingerprint density at radius 1 is 1.06 bits per heavy atom. The number of halogens is 1. The summed E-state index contributed by atoms with van der Waals surface area (Å²) in [5.41, 5.74) is 1.67. The minimum Gasteiger partial charge on any atom is -0.381 e. The minimum atomic E-state index is -0.272. The van der Waals surface area contributed by atoms with Gasteiger partial charge in [0.05, 0.1) is 5.69 Å². The number of benzene rings is 2. The highest BCUT2D eigenvalue weighted by Crippen LogP contribution is 2.35. The monoisotopic (exact) mass is 442 g/mol. The normalized spacial score (nSPS) is 17.6. The van der Waals surface area contributed by atoms with Crippen molar-refractivity contribution in [1.29, 1.82) is 0 Å². The van der Waals surface area contributed by atoms with Crippen LogP contribution in [0.5, 0.6) is 0 Å². The summed E-state index contributed by atoms with van der Waals surface area (Å²) in [4.78, 5) is 28.2. The van der Waals surface area contributed by atoms with E-state index in [1.165, 1.54) is 12.1 Å². The van der Waals surface area contributed by atoms with Gasteiger partial charge >= 0.3 is 0 Å². The number of hydrogen-bond acceptors (Lipinski definition) is 4. The van der Waals surface area contributed by atoms with Crippen molar-refractivity contribution in [3.05, 3.63) is 59.9 Å². The number of ether oxygens (including phenoxy) is 1. The van der Waals surface area contributed by atoms with Crippen molar-refractivity contribution in [3.8, 4) is 0 Å². The molecule has 0 bridgehead atoms. The lowest BCUT2D eigenvalue weighted by atomic mass is 9.74. The molecule has 4 rings (SSSR count). The number of carbonyl (C=O) groups excluding carboxylic acids is 2. The van der Waals surface area contributed by atoms with Crippen molar-refractivity contribution < 1.29 is 18.7 Å². The highest BCUT2D eigenvalue weighted by molar-refractivity contribution is 7.99. The highest BCUT2D eigenvalue weighted by atomic mass is 32.2. The molecular weight excluding hydrogens is 415 g/mol. The van der Waals surface area contributed by atoms with Crippen LogP contribution in [0.1, 0.15) is 31.2 Å². The summed E-state index contributed by atoms with van der Waals surface area (Å²) in [7, 11) is 0. The van der Waals surface area contributed by atoms with Crippen LogP contribution < -0.4 is 10.2 Å². The topological polar surface area (TPSA) is 58.6 Å². The first-order chi connectivity index (χ1) is 15.1. The number of nitrogens with one attached hydrogen (secondary N) is 1. The molecule has 2 amide bonds. The van der Waals surface area contributed by atoms with E-state index in [-0.39, 0.29) is 35.9 Å². The van der Waals surface area contributed by atoms with Crippen molar-refractivity contribution in [2.24, 2.45) is 0 Å². The first-order valence-electron chi connectivity index (χ1n) is 10.7. The molecule has 2 aromatic rings. The summed E-state index contributed by atoms with van der Waals surface area (Å²) >= 11 is 1.75. The van der Waals surface area contributed by atoms with Crippen LogP contribution in [0.3, 0.4) is 0 Å². The smallest absolute Gasteiger partial charge is 0.227 e. The standard InChI is InChI=1S/C24H27FN2O3S/c25-19-7-5-18(6-8-19)24(11-14-30-15-12-24)17-26-22(28)9-10-23(29)27-13-16-31-21-4-2-1-3-20(21)27/h1-8H,9-17H2,(H,26,28). The van der Waals surface area contributed by atoms with Crippen molar-refractivity contribution >= 4 is 29.3 Å². The van der Waals surface area contributed by atoms with Crippen LogP contribution in [0.15, 0.2) is 53.4 Å². The van der Waals surface area contributed by atoms with Crippen LogP contribution >= 0.6 is 11.8 Å². The molecule has 2 heterocycles. The Balaban J connectivity index is 1.34. The molecule has 2 aliphatic rings. The van der Waals surface area contributed by atoms with Crippen LogP contribution in [0.4, 0.5) is 10.1 Å². The van der Waals surface area contributed by atoms with Crippen LogP contribution in [0, 0.1) is 5.82 Å². The number of rotatable bonds is 6. The van der Waals surface area contributed by atoms with Gasteiger partial charge in [-0.15, -0.1) is 11.8 Å². The number of thioether (sulfide) groups is 1. The Labute approximate surface area is 186 Å². The van der Waals surface area contributed by atoms with E-state index in [1.54, 1.807) is 28.8 Å². The lowest BCUT2D eigenvalue weighted by molar-refractivity contribution is -0.125. The fourth-order valence-corrected chi connectivity index (χ4v) is 5.27. The second-order valence-electron chi connectivity index (χ2n) is 8.04. The van der Waals surface area contributed by atoms with E-state index < -0.39 is 0 Å². The van der Waals surface area contributed by atoms with E-state index in [0.717, 1.165) is 34.7 Å². The molecule has 7 heteroatoms. The molecule has 0 saturated carbocycles. The fourth-order valence-electron chi connectivity index (χ4n) is 4.27. The summed E-state index contributed by atoms with van der Waals surface area (Å²) in [6.07, 6.45) is 1.86. The summed E-state index contributed by atoms with van der Waals surface area (Å²) in [5, 5.41) is 3.02. The molecular formula is C24H27FN2O3S. The van der Waals surface area contributed by atoms with Gasteiger partial charge < -0.3 is 15.0 Å². The molecule has 0 spiro atoms. The average Bonchev–Trinajstić information content (AvgIpc) is 2.82. The molecule has 0 unspecified atom stereocenters. The number of amides is 2. The summed E-state index contributed by atoms with van der Waals surface area (Å²) in [5.74, 6) is 0.423. The zero-order valence-corrected chi connectivity index (χ0v) is 18.3. The van der Waals surface area contributed by atoms with Gasteiger partial charge in [-0.25, -0.2) is 4.39 Å². The molecule has 0 atom stereocenters.